The maximum absolute atomic E-state index is 13.5. The van der Waals surface area contributed by atoms with Crippen molar-refractivity contribution in [2.45, 2.75) is 76.3 Å². The smallest absolute Gasteiger partial charge is 0.504 e. The van der Waals surface area contributed by atoms with Crippen molar-refractivity contribution in [2.24, 2.45) is 11.8 Å². The fourth-order valence-corrected chi connectivity index (χ4v) is 9.52. The van der Waals surface area contributed by atoms with Crippen LogP contribution >= 0.6 is 0 Å². The van der Waals surface area contributed by atoms with Gasteiger partial charge in [-0.1, -0.05) is 80.6 Å². The number of amides is 1. The second-order valence-electron chi connectivity index (χ2n) is 14.2. The van der Waals surface area contributed by atoms with E-state index in [1.54, 1.807) is 24.3 Å². The van der Waals surface area contributed by atoms with Gasteiger partial charge in [-0.25, -0.2) is 0 Å². The molecule has 2 fully saturated rings. The van der Waals surface area contributed by atoms with Crippen LogP contribution in [-0.2, 0) is 27.8 Å². The fraction of sp³-hybridized carbons (Fsp3) is 0.447. The number of aliphatic hydroxyl groups excluding tert-OH is 1. The van der Waals surface area contributed by atoms with Gasteiger partial charge in [-0.2, -0.15) is 0 Å². The number of hydrogen-bond acceptors (Lipinski definition) is 4. The van der Waals surface area contributed by atoms with E-state index in [1.165, 1.54) is 23.3 Å². The van der Waals surface area contributed by atoms with E-state index in [0.29, 0.717) is 29.3 Å². The SMILES string of the molecule is CC(C)C[N+]1(CCc2ccccc2)CC[C@]23c4c5ccc(NC(=O)C(OC(F)(F)F)=C(O)c6ccccc6)c4O[C@H]2CCC[C@H]3[C@H]1C5. The van der Waals surface area contributed by atoms with Gasteiger partial charge in [-0.3, -0.25) is 4.79 Å². The number of piperidine rings is 1. The largest absolute Gasteiger partial charge is 0.573 e. The number of carbonyl (C=O) groups is 1. The molecule has 2 heterocycles. The Morgan fingerprint density at radius 3 is 2.49 bits per heavy atom. The van der Waals surface area contributed by atoms with Gasteiger partial charge in [0.05, 0.1) is 36.8 Å². The molecule has 1 spiro atoms. The molecule has 3 aromatic carbocycles. The molecule has 3 aromatic rings. The number of quaternary nitrogens is 1. The molecular formula is C38H42F3N2O4+. The first-order valence-corrected chi connectivity index (χ1v) is 16.8. The monoisotopic (exact) mass is 647 g/mol. The summed E-state index contributed by atoms with van der Waals surface area (Å²) < 4.78 is 52.3. The van der Waals surface area contributed by atoms with Crippen LogP contribution in [0.4, 0.5) is 18.9 Å². The Kier molecular flexibility index (Phi) is 8.02. The van der Waals surface area contributed by atoms with Crippen LogP contribution in [0, 0.1) is 11.8 Å². The first-order valence-electron chi connectivity index (χ1n) is 16.8. The molecule has 5 atom stereocenters. The van der Waals surface area contributed by atoms with Crippen LogP contribution < -0.4 is 10.1 Å². The second-order valence-corrected chi connectivity index (χ2v) is 14.2. The Hall–Kier alpha value is -3.98. The molecule has 248 valence electrons. The van der Waals surface area contributed by atoms with Crippen LogP contribution in [0.15, 0.2) is 78.6 Å². The summed E-state index contributed by atoms with van der Waals surface area (Å²) in [6.07, 6.45) is 0.723. The highest BCUT2D eigenvalue weighted by atomic mass is 19.4. The van der Waals surface area contributed by atoms with Crippen LogP contribution in [0.3, 0.4) is 0 Å². The lowest BCUT2D eigenvalue weighted by molar-refractivity contribution is -0.964. The standard InChI is InChI=1S/C38H41F3N2O4/c1-24(2)23-43(20-18-25-10-5-3-6-11-25)21-19-37-28-14-9-15-31(37)46-34-29(17-16-27(32(34)37)22-30(28)43)42-36(45)35(47-38(39,40)41)33(44)26-12-7-4-8-13-26/h3-8,10-13,16-17,24,28,30-31H,9,14-15,18-23H2,1-2H3,(H-,42,44,45)/p+1/t28-,30+,31-,37+,43?/m0/s1. The second kappa shape index (κ2) is 11.9. The van der Waals surface area contributed by atoms with Gasteiger partial charge in [0.1, 0.15) is 11.9 Å². The molecule has 2 aliphatic carbocycles. The highest BCUT2D eigenvalue weighted by Gasteiger charge is 2.67. The first-order chi connectivity index (χ1) is 22.5. The number of ether oxygens (including phenoxy) is 2. The molecule has 1 saturated heterocycles. The molecule has 1 amide bonds. The Bertz CT molecular complexity index is 1680. The maximum Gasteiger partial charge on any atom is 0.573 e. The van der Waals surface area contributed by atoms with Crippen molar-refractivity contribution in [3.63, 3.8) is 0 Å². The molecule has 47 heavy (non-hydrogen) atoms. The zero-order valence-corrected chi connectivity index (χ0v) is 26.9. The summed E-state index contributed by atoms with van der Waals surface area (Å²) in [6, 6.07) is 22.5. The van der Waals surface area contributed by atoms with Gasteiger partial charge < -0.3 is 24.4 Å². The maximum atomic E-state index is 13.5. The average molecular weight is 648 g/mol. The molecule has 2 aliphatic heterocycles. The third-order valence-electron chi connectivity index (χ3n) is 11.1. The molecule has 0 radical (unpaired) electrons. The summed E-state index contributed by atoms with van der Waals surface area (Å²) >= 11 is 0. The van der Waals surface area contributed by atoms with Crippen molar-refractivity contribution in [3.05, 3.63) is 101 Å². The van der Waals surface area contributed by atoms with Crippen molar-refractivity contribution < 1.29 is 37.0 Å². The number of hydrogen-bond donors (Lipinski definition) is 2. The zero-order chi connectivity index (χ0) is 33.0. The van der Waals surface area contributed by atoms with Gasteiger partial charge >= 0.3 is 6.36 Å². The third-order valence-corrected chi connectivity index (χ3v) is 11.1. The van der Waals surface area contributed by atoms with Gasteiger partial charge in [0, 0.05) is 42.2 Å². The first kappa shape index (κ1) is 31.6. The minimum atomic E-state index is -5.18. The van der Waals surface area contributed by atoms with Gasteiger partial charge in [-0.15, -0.1) is 13.2 Å². The Balaban J connectivity index is 1.25. The molecule has 2 bridgehead atoms. The van der Waals surface area contributed by atoms with Gasteiger partial charge in [0.25, 0.3) is 5.91 Å². The van der Waals surface area contributed by atoms with Gasteiger partial charge in [0.2, 0.25) is 5.76 Å². The highest BCUT2D eigenvalue weighted by Crippen LogP contribution is 2.64. The minimum absolute atomic E-state index is 0.0319. The number of likely N-dealkylation sites (tertiary alicyclic amines) is 1. The fourth-order valence-electron chi connectivity index (χ4n) is 9.52. The molecular weight excluding hydrogens is 605 g/mol. The number of nitrogens with one attached hydrogen (secondary N) is 1. The lowest BCUT2D eigenvalue weighted by Crippen LogP contribution is -2.72. The van der Waals surface area contributed by atoms with Crippen LogP contribution in [0.5, 0.6) is 5.75 Å². The quantitative estimate of drug-likeness (QED) is 0.141. The van der Waals surface area contributed by atoms with Crippen LogP contribution in [0.2, 0.25) is 0 Å². The summed E-state index contributed by atoms with van der Waals surface area (Å²) in [5, 5.41) is 13.4. The molecule has 9 heteroatoms. The molecule has 7 rings (SSSR count). The molecule has 1 unspecified atom stereocenters. The van der Waals surface area contributed by atoms with Crippen LogP contribution in [-0.4, -0.2) is 53.6 Å². The number of anilines is 1. The molecule has 1 saturated carbocycles. The van der Waals surface area contributed by atoms with Gasteiger partial charge in [-0.05, 0) is 36.5 Å². The average Bonchev–Trinajstić information content (AvgIpc) is 3.40. The molecule has 4 aliphatic rings. The highest BCUT2D eigenvalue weighted by molar-refractivity contribution is 6.07. The number of benzene rings is 3. The van der Waals surface area contributed by atoms with E-state index < -0.39 is 23.8 Å². The number of alkyl halides is 3. The molecule has 2 N–H and O–H groups in total. The summed E-state index contributed by atoms with van der Waals surface area (Å²) in [5.41, 5.74) is 3.84. The number of carbonyl (C=O) groups excluding carboxylic acids is 1. The molecule has 0 aromatic heterocycles. The lowest BCUT2D eigenvalue weighted by Gasteiger charge is -2.62. The van der Waals surface area contributed by atoms with E-state index >= 15 is 0 Å². The third kappa shape index (κ3) is 5.56. The topological polar surface area (TPSA) is 67.8 Å². The summed E-state index contributed by atoms with van der Waals surface area (Å²) in [6.45, 7) is 7.88. The predicted octanol–water partition coefficient (Wildman–Crippen LogP) is 7.93. The van der Waals surface area contributed by atoms with Gasteiger partial charge in [0.15, 0.2) is 5.76 Å². The van der Waals surface area contributed by atoms with Crippen molar-refractivity contribution in [2.75, 3.05) is 25.0 Å². The van der Waals surface area contributed by atoms with E-state index in [0.717, 1.165) is 68.2 Å². The normalized spacial score (nSPS) is 27.8. The van der Waals surface area contributed by atoms with E-state index in [-0.39, 0.29) is 17.1 Å². The number of aliphatic hydroxyl groups is 1. The summed E-state index contributed by atoms with van der Waals surface area (Å²) in [5.74, 6) is -1.79. The predicted molar refractivity (Wildman–Crippen MR) is 174 cm³/mol. The van der Waals surface area contributed by atoms with Crippen LogP contribution in [0.1, 0.15) is 61.8 Å². The van der Waals surface area contributed by atoms with Crippen molar-refractivity contribution in [1.82, 2.24) is 0 Å². The van der Waals surface area contributed by atoms with Crippen molar-refractivity contribution >= 4 is 17.4 Å². The Morgan fingerprint density at radius 2 is 1.79 bits per heavy atom. The lowest BCUT2D eigenvalue weighted by atomic mass is 9.51. The number of nitrogens with zero attached hydrogens (tertiary/aromatic N) is 1. The Morgan fingerprint density at radius 1 is 1.06 bits per heavy atom. The summed E-state index contributed by atoms with van der Waals surface area (Å²) in [4.78, 5) is 13.5. The number of halogens is 3. The molecule has 6 nitrogen and oxygen atoms in total. The number of rotatable bonds is 9. The van der Waals surface area contributed by atoms with E-state index in [9.17, 15) is 23.1 Å². The van der Waals surface area contributed by atoms with Crippen molar-refractivity contribution in [1.29, 1.82) is 0 Å². The van der Waals surface area contributed by atoms with E-state index in [2.05, 4.69) is 54.2 Å². The van der Waals surface area contributed by atoms with E-state index in [1.807, 2.05) is 6.07 Å². The summed E-state index contributed by atoms with van der Waals surface area (Å²) in [7, 11) is 0. The Labute approximate surface area is 273 Å². The van der Waals surface area contributed by atoms with Crippen LogP contribution in [0.25, 0.3) is 5.76 Å². The van der Waals surface area contributed by atoms with E-state index in [4.69, 9.17) is 4.74 Å². The minimum Gasteiger partial charge on any atom is -0.504 e. The van der Waals surface area contributed by atoms with Crippen molar-refractivity contribution in [3.8, 4) is 5.75 Å². The zero-order valence-electron chi connectivity index (χ0n) is 26.9.